The van der Waals surface area contributed by atoms with E-state index in [1.165, 1.54) is 12.1 Å². The van der Waals surface area contributed by atoms with Crippen molar-refractivity contribution < 1.29 is 19.1 Å². The van der Waals surface area contributed by atoms with Gasteiger partial charge in [-0.2, -0.15) is 0 Å². The van der Waals surface area contributed by atoms with Gasteiger partial charge >= 0.3 is 5.97 Å². The molecule has 88 valence electrons. The molecule has 1 aromatic carbocycles. The van der Waals surface area contributed by atoms with Crippen LogP contribution in [0.2, 0.25) is 0 Å². The number of hydrogen-bond acceptors (Lipinski definition) is 2. The fourth-order valence-electron chi connectivity index (χ4n) is 2.49. The molecule has 0 radical (unpaired) electrons. The minimum Gasteiger partial charge on any atom is -0.481 e. The SMILES string of the molecule is O=C(O)C1CC12C(=O)Nc1cc(F)c(Br)cc12. The standard InChI is InChI=1S/C11H7BrFNO3/c12-6-1-4-8(2-7(6)13)14-10(17)11(4)3-5(11)9(15)16/h1-2,5H,3H2,(H,14,17)(H,15,16). The number of rotatable bonds is 1. The van der Waals surface area contributed by atoms with Crippen LogP contribution in [0.15, 0.2) is 16.6 Å². The number of amides is 1. The number of carbonyl (C=O) groups is 2. The van der Waals surface area contributed by atoms with Gasteiger partial charge in [0.05, 0.1) is 15.8 Å². The first-order chi connectivity index (χ1) is 7.96. The van der Waals surface area contributed by atoms with Crippen LogP contribution in [0.25, 0.3) is 0 Å². The van der Waals surface area contributed by atoms with Gasteiger partial charge in [0.2, 0.25) is 5.91 Å². The van der Waals surface area contributed by atoms with Crippen LogP contribution in [0.1, 0.15) is 12.0 Å². The molecule has 6 heteroatoms. The topological polar surface area (TPSA) is 66.4 Å². The first-order valence-corrected chi connectivity index (χ1v) is 5.80. The summed E-state index contributed by atoms with van der Waals surface area (Å²) < 4.78 is 13.6. The van der Waals surface area contributed by atoms with Crippen molar-refractivity contribution in [2.45, 2.75) is 11.8 Å². The molecule has 1 aliphatic heterocycles. The van der Waals surface area contributed by atoms with Gasteiger partial charge in [-0.05, 0) is 40.0 Å². The van der Waals surface area contributed by atoms with Gasteiger partial charge in [0.25, 0.3) is 0 Å². The summed E-state index contributed by atoms with van der Waals surface area (Å²) in [6.07, 6.45) is 0.277. The lowest BCUT2D eigenvalue weighted by molar-refractivity contribution is -0.140. The highest BCUT2D eigenvalue weighted by atomic mass is 79.9. The number of nitrogens with one attached hydrogen (secondary N) is 1. The lowest BCUT2D eigenvalue weighted by Crippen LogP contribution is -2.24. The normalized spacial score (nSPS) is 29.1. The zero-order valence-corrected chi connectivity index (χ0v) is 10.0. The molecule has 1 heterocycles. The summed E-state index contributed by atoms with van der Waals surface area (Å²) in [6, 6.07) is 2.70. The Morgan fingerprint density at radius 3 is 2.88 bits per heavy atom. The van der Waals surface area contributed by atoms with Crippen molar-refractivity contribution in [3.8, 4) is 0 Å². The molecule has 1 spiro atoms. The number of carboxylic acid groups (broad SMARTS) is 1. The van der Waals surface area contributed by atoms with E-state index in [-0.39, 0.29) is 16.8 Å². The Balaban J connectivity index is 2.16. The molecule has 1 aromatic rings. The van der Waals surface area contributed by atoms with E-state index in [9.17, 15) is 14.0 Å². The number of halogens is 2. The molecule has 2 atom stereocenters. The Morgan fingerprint density at radius 2 is 2.29 bits per heavy atom. The molecule has 0 saturated heterocycles. The van der Waals surface area contributed by atoms with Gasteiger partial charge in [0, 0.05) is 5.69 Å². The van der Waals surface area contributed by atoms with Crippen molar-refractivity contribution in [1.29, 1.82) is 0 Å². The molecule has 1 amide bonds. The third kappa shape index (κ3) is 1.21. The number of carbonyl (C=O) groups excluding carboxylic acids is 1. The number of anilines is 1. The monoisotopic (exact) mass is 299 g/mol. The maximum absolute atomic E-state index is 13.3. The molecule has 1 saturated carbocycles. The Hall–Kier alpha value is -1.43. The third-order valence-corrected chi connectivity index (χ3v) is 4.06. The molecule has 2 N–H and O–H groups in total. The molecule has 3 rings (SSSR count). The molecule has 0 bridgehead atoms. The second-order valence-electron chi connectivity index (χ2n) is 4.33. The molecular formula is C11H7BrFNO3. The Labute approximate surface area is 104 Å². The van der Waals surface area contributed by atoms with Crippen LogP contribution in [-0.4, -0.2) is 17.0 Å². The number of hydrogen-bond donors (Lipinski definition) is 2. The van der Waals surface area contributed by atoms with Crippen LogP contribution in [-0.2, 0) is 15.0 Å². The molecule has 4 nitrogen and oxygen atoms in total. The maximum atomic E-state index is 13.3. The predicted octanol–water partition coefficient (Wildman–Crippen LogP) is 1.88. The number of aliphatic carboxylic acids is 1. The second-order valence-corrected chi connectivity index (χ2v) is 5.19. The summed E-state index contributed by atoms with van der Waals surface area (Å²) >= 11 is 3.04. The van der Waals surface area contributed by atoms with Crippen molar-refractivity contribution >= 4 is 33.5 Å². The third-order valence-electron chi connectivity index (χ3n) is 3.45. The van der Waals surface area contributed by atoms with E-state index < -0.39 is 23.1 Å². The molecule has 2 unspecified atom stereocenters. The van der Waals surface area contributed by atoms with Crippen LogP contribution in [0.5, 0.6) is 0 Å². The van der Waals surface area contributed by atoms with Crippen LogP contribution in [0.4, 0.5) is 10.1 Å². The van der Waals surface area contributed by atoms with Gasteiger partial charge in [-0.15, -0.1) is 0 Å². The quantitative estimate of drug-likeness (QED) is 0.832. The number of fused-ring (bicyclic) bond motifs is 2. The van der Waals surface area contributed by atoms with Gasteiger partial charge in [0.15, 0.2) is 0 Å². The Morgan fingerprint density at radius 1 is 1.59 bits per heavy atom. The highest BCUT2D eigenvalue weighted by Gasteiger charge is 2.68. The van der Waals surface area contributed by atoms with Crippen molar-refractivity contribution in [3.63, 3.8) is 0 Å². The zero-order chi connectivity index (χ0) is 12.4. The van der Waals surface area contributed by atoms with Gasteiger partial charge in [0.1, 0.15) is 5.82 Å². The van der Waals surface area contributed by atoms with E-state index in [0.717, 1.165) is 0 Å². The molecular weight excluding hydrogens is 293 g/mol. The van der Waals surface area contributed by atoms with Gasteiger partial charge < -0.3 is 10.4 Å². The van der Waals surface area contributed by atoms with E-state index >= 15 is 0 Å². The Bertz CT molecular complexity index is 574. The Kier molecular flexibility index (Phi) is 1.93. The highest BCUT2D eigenvalue weighted by molar-refractivity contribution is 9.10. The van der Waals surface area contributed by atoms with Crippen molar-refractivity contribution in [1.82, 2.24) is 0 Å². The van der Waals surface area contributed by atoms with Crippen molar-refractivity contribution in [2.24, 2.45) is 5.92 Å². The molecule has 0 aromatic heterocycles. The highest BCUT2D eigenvalue weighted by Crippen LogP contribution is 2.60. The zero-order valence-electron chi connectivity index (χ0n) is 8.46. The first-order valence-electron chi connectivity index (χ1n) is 5.00. The summed E-state index contributed by atoms with van der Waals surface area (Å²) in [4.78, 5) is 22.8. The smallest absolute Gasteiger partial charge is 0.307 e. The van der Waals surface area contributed by atoms with Crippen molar-refractivity contribution in [2.75, 3.05) is 5.32 Å². The van der Waals surface area contributed by atoms with Gasteiger partial charge in [-0.25, -0.2) is 4.39 Å². The van der Waals surface area contributed by atoms with Crippen LogP contribution in [0.3, 0.4) is 0 Å². The summed E-state index contributed by atoms with van der Waals surface area (Å²) in [5.41, 5.74) is -0.0418. The fourth-order valence-corrected chi connectivity index (χ4v) is 2.83. The van der Waals surface area contributed by atoms with Crippen molar-refractivity contribution in [3.05, 3.63) is 28.0 Å². The number of benzene rings is 1. The minimum atomic E-state index is -0.992. The second kappa shape index (κ2) is 3.07. The summed E-state index contributed by atoms with van der Waals surface area (Å²) in [7, 11) is 0. The molecule has 1 fully saturated rings. The molecule has 17 heavy (non-hydrogen) atoms. The van der Waals surface area contributed by atoms with E-state index in [4.69, 9.17) is 5.11 Å². The number of carboxylic acids is 1. The summed E-state index contributed by atoms with van der Waals surface area (Å²) in [5.74, 6) is -2.53. The van der Waals surface area contributed by atoms with Gasteiger partial charge in [-0.1, -0.05) is 0 Å². The van der Waals surface area contributed by atoms with Crippen LogP contribution < -0.4 is 5.32 Å². The summed E-state index contributed by atoms with van der Waals surface area (Å²) in [6.45, 7) is 0. The van der Waals surface area contributed by atoms with Crippen LogP contribution >= 0.6 is 15.9 Å². The predicted molar refractivity (Wildman–Crippen MR) is 60.2 cm³/mol. The average molecular weight is 300 g/mol. The lowest BCUT2D eigenvalue weighted by atomic mass is 9.95. The fraction of sp³-hybridized carbons (Fsp3) is 0.273. The average Bonchev–Trinajstić information content (AvgIpc) is 2.94. The van der Waals surface area contributed by atoms with E-state index in [0.29, 0.717) is 11.3 Å². The lowest BCUT2D eigenvalue weighted by Gasteiger charge is -2.06. The molecule has 2 aliphatic rings. The molecule has 1 aliphatic carbocycles. The largest absolute Gasteiger partial charge is 0.481 e. The minimum absolute atomic E-state index is 0.239. The van der Waals surface area contributed by atoms with Gasteiger partial charge in [-0.3, -0.25) is 9.59 Å². The van der Waals surface area contributed by atoms with E-state index in [1.54, 1.807) is 0 Å². The first kappa shape index (κ1) is 10.7. The van der Waals surface area contributed by atoms with E-state index in [1.807, 2.05) is 0 Å². The summed E-state index contributed by atoms with van der Waals surface area (Å²) in [5, 5.41) is 11.5. The van der Waals surface area contributed by atoms with E-state index in [2.05, 4.69) is 21.2 Å². The maximum Gasteiger partial charge on any atom is 0.307 e. The van der Waals surface area contributed by atoms with Crippen LogP contribution in [0, 0.1) is 11.7 Å².